The van der Waals surface area contributed by atoms with Gasteiger partial charge in [0.25, 0.3) is 0 Å². The number of hydrogen-bond donors (Lipinski definition) is 0. The molecule has 0 aliphatic carbocycles. The maximum atomic E-state index is 6.02. The quantitative estimate of drug-likeness (QED) is 0.844. The summed E-state index contributed by atoms with van der Waals surface area (Å²) >= 11 is 0. The molecule has 1 aromatic carbocycles. The Morgan fingerprint density at radius 3 is 2.86 bits per heavy atom. The molecule has 0 saturated carbocycles. The first-order chi connectivity index (χ1) is 10.3. The van der Waals surface area contributed by atoms with Crippen LogP contribution < -0.4 is 9.47 Å². The van der Waals surface area contributed by atoms with Crippen molar-refractivity contribution in [1.82, 2.24) is 14.5 Å². The summed E-state index contributed by atoms with van der Waals surface area (Å²) in [6.45, 7) is 5.35. The van der Waals surface area contributed by atoms with Gasteiger partial charge in [0.05, 0.1) is 6.54 Å². The SMILES string of the molecule is CCN(Cc1nccn1C)CC1COc2ccccc2O1. The van der Waals surface area contributed by atoms with Gasteiger partial charge in [-0.1, -0.05) is 19.1 Å². The number of hydrogen-bond acceptors (Lipinski definition) is 4. The molecule has 1 aliphatic heterocycles. The second-order valence-corrected chi connectivity index (χ2v) is 5.28. The number of aromatic nitrogens is 2. The third-order valence-corrected chi connectivity index (χ3v) is 3.76. The molecule has 1 unspecified atom stereocenters. The van der Waals surface area contributed by atoms with Crippen molar-refractivity contribution in [2.24, 2.45) is 7.05 Å². The fourth-order valence-corrected chi connectivity index (χ4v) is 2.50. The van der Waals surface area contributed by atoms with Crippen molar-refractivity contribution in [1.29, 1.82) is 0 Å². The van der Waals surface area contributed by atoms with E-state index in [-0.39, 0.29) is 6.10 Å². The molecule has 0 N–H and O–H groups in total. The summed E-state index contributed by atoms with van der Waals surface area (Å²) in [6.07, 6.45) is 3.86. The molecule has 0 amide bonds. The van der Waals surface area contributed by atoms with Crippen molar-refractivity contribution >= 4 is 0 Å². The largest absolute Gasteiger partial charge is 0.486 e. The van der Waals surface area contributed by atoms with E-state index in [9.17, 15) is 0 Å². The zero-order valence-corrected chi connectivity index (χ0v) is 12.5. The molecule has 1 aliphatic rings. The van der Waals surface area contributed by atoms with E-state index in [0.29, 0.717) is 6.61 Å². The van der Waals surface area contributed by atoms with Crippen molar-refractivity contribution in [3.05, 3.63) is 42.5 Å². The summed E-state index contributed by atoms with van der Waals surface area (Å²) in [4.78, 5) is 6.71. The zero-order chi connectivity index (χ0) is 14.7. The van der Waals surface area contributed by atoms with Gasteiger partial charge in [0, 0.05) is 26.0 Å². The lowest BCUT2D eigenvalue weighted by atomic mass is 10.2. The molecule has 0 spiro atoms. The summed E-state index contributed by atoms with van der Waals surface area (Å²) in [7, 11) is 2.02. The smallest absolute Gasteiger partial charge is 0.161 e. The monoisotopic (exact) mass is 287 g/mol. The topological polar surface area (TPSA) is 39.5 Å². The molecule has 21 heavy (non-hydrogen) atoms. The highest BCUT2D eigenvalue weighted by Gasteiger charge is 2.23. The number of likely N-dealkylation sites (N-methyl/N-ethyl adjacent to an activating group) is 1. The van der Waals surface area contributed by atoms with Crippen molar-refractivity contribution in [2.75, 3.05) is 19.7 Å². The Morgan fingerprint density at radius 1 is 1.33 bits per heavy atom. The van der Waals surface area contributed by atoms with Crippen LogP contribution in [0.3, 0.4) is 0 Å². The highest BCUT2D eigenvalue weighted by atomic mass is 16.6. The van der Waals surface area contributed by atoms with Crippen molar-refractivity contribution < 1.29 is 9.47 Å². The molecule has 2 heterocycles. The van der Waals surface area contributed by atoms with Gasteiger partial charge in [-0.05, 0) is 18.7 Å². The minimum absolute atomic E-state index is 0.0557. The van der Waals surface area contributed by atoms with E-state index in [2.05, 4.69) is 21.4 Å². The molecule has 2 aromatic rings. The van der Waals surface area contributed by atoms with Crippen molar-refractivity contribution in [2.45, 2.75) is 19.6 Å². The standard InChI is InChI=1S/C16H21N3O2/c1-3-19(11-16-17-8-9-18(16)2)10-13-12-20-14-6-4-5-7-15(14)21-13/h4-9,13H,3,10-12H2,1-2H3. The van der Waals surface area contributed by atoms with E-state index in [1.165, 1.54) is 0 Å². The lowest BCUT2D eigenvalue weighted by molar-refractivity contribution is 0.0571. The maximum Gasteiger partial charge on any atom is 0.161 e. The van der Waals surface area contributed by atoms with Crippen LogP contribution in [0.4, 0.5) is 0 Å². The van der Waals surface area contributed by atoms with E-state index in [0.717, 1.165) is 37.0 Å². The fraction of sp³-hybridized carbons (Fsp3) is 0.438. The van der Waals surface area contributed by atoms with Gasteiger partial charge >= 0.3 is 0 Å². The van der Waals surface area contributed by atoms with Gasteiger partial charge in [0.1, 0.15) is 18.5 Å². The number of imidazole rings is 1. The van der Waals surface area contributed by atoms with Crippen LogP contribution in [0.25, 0.3) is 0 Å². The second kappa shape index (κ2) is 6.18. The molecule has 1 atom stereocenters. The Hall–Kier alpha value is -2.01. The van der Waals surface area contributed by atoms with Gasteiger partial charge < -0.3 is 14.0 Å². The van der Waals surface area contributed by atoms with Crippen LogP contribution in [-0.2, 0) is 13.6 Å². The van der Waals surface area contributed by atoms with Gasteiger partial charge in [-0.3, -0.25) is 4.90 Å². The number of rotatable bonds is 5. The number of para-hydroxylation sites is 2. The molecule has 112 valence electrons. The van der Waals surface area contributed by atoms with Crippen LogP contribution in [0.5, 0.6) is 11.5 Å². The van der Waals surface area contributed by atoms with E-state index in [1.54, 1.807) is 0 Å². The van der Waals surface area contributed by atoms with Crippen LogP contribution in [0.1, 0.15) is 12.7 Å². The Kier molecular flexibility index (Phi) is 4.10. The number of ether oxygens (including phenoxy) is 2. The Labute approximate surface area is 125 Å². The Morgan fingerprint density at radius 2 is 2.14 bits per heavy atom. The van der Waals surface area contributed by atoms with E-state index >= 15 is 0 Å². The molecule has 5 nitrogen and oxygen atoms in total. The molecule has 1 aromatic heterocycles. The van der Waals surface area contributed by atoms with E-state index in [1.807, 2.05) is 43.7 Å². The zero-order valence-electron chi connectivity index (χ0n) is 12.5. The first kappa shape index (κ1) is 13.9. The summed E-state index contributed by atoms with van der Waals surface area (Å²) in [6, 6.07) is 7.82. The normalized spacial score (nSPS) is 17.2. The van der Waals surface area contributed by atoms with Gasteiger partial charge in [-0.25, -0.2) is 4.98 Å². The number of nitrogens with zero attached hydrogens (tertiary/aromatic N) is 3. The van der Waals surface area contributed by atoms with E-state index in [4.69, 9.17) is 9.47 Å². The Balaban J connectivity index is 1.62. The van der Waals surface area contributed by atoms with Crippen LogP contribution in [0.2, 0.25) is 0 Å². The third kappa shape index (κ3) is 3.19. The molecular formula is C16H21N3O2. The average Bonchev–Trinajstić information content (AvgIpc) is 2.91. The summed E-state index contributed by atoms with van der Waals surface area (Å²) in [5.74, 6) is 2.73. The maximum absolute atomic E-state index is 6.02. The Bertz CT molecular complexity index is 597. The molecule has 0 fully saturated rings. The highest BCUT2D eigenvalue weighted by molar-refractivity contribution is 5.40. The summed E-state index contributed by atoms with van der Waals surface area (Å²) in [5.41, 5.74) is 0. The van der Waals surface area contributed by atoms with Crippen LogP contribution in [-0.4, -0.2) is 40.3 Å². The summed E-state index contributed by atoms with van der Waals surface area (Å²) < 4.78 is 13.8. The number of benzene rings is 1. The lowest BCUT2D eigenvalue weighted by Crippen LogP contribution is -2.41. The van der Waals surface area contributed by atoms with E-state index < -0.39 is 0 Å². The predicted molar refractivity (Wildman–Crippen MR) is 80.5 cm³/mol. The van der Waals surface area contributed by atoms with Gasteiger partial charge in [0.2, 0.25) is 0 Å². The van der Waals surface area contributed by atoms with Crippen molar-refractivity contribution in [3.63, 3.8) is 0 Å². The first-order valence-corrected chi connectivity index (χ1v) is 7.33. The molecule has 0 saturated heterocycles. The molecule has 0 radical (unpaired) electrons. The van der Waals surface area contributed by atoms with Crippen LogP contribution in [0, 0.1) is 0 Å². The first-order valence-electron chi connectivity index (χ1n) is 7.33. The van der Waals surface area contributed by atoms with Crippen LogP contribution in [0.15, 0.2) is 36.7 Å². The van der Waals surface area contributed by atoms with Crippen LogP contribution >= 0.6 is 0 Å². The average molecular weight is 287 g/mol. The highest BCUT2D eigenvalue weighted by Crippen LogP contribution is 2.31. The third-order valence-electron chi connectivity index (χ3n) is 3.76. The predicted octanol–water partition coefficient (Wildman–Crippen LogP) is 2.08. The second-order valence-electron chi connectivity index (χ2n) is 5.28. The number of fused-ring (bicyclic) bond motifs is 1. The minimum atomic E-state index is 0.0557. The van der Waals surface area contributed by atoms with Gasteiger partial charge in [0.15, 0.2) is 11.5 Å². The molecule has 3 rings (SSSR count). The van der Waals surface area contributed by atoms with Gasteiger partial charge in [-0.15, -0.1) is 0 Å². The molecule has 0 bridgehead atoms. The molecule has 5 heteroatoms. The van der Waals surface area contributed by atoms with Crippen molar-refractivity contribution in [3.8, 4) is 11.5 Å². The van der Waals surface area contributed by atoms with Gasteiger partial charge in [-0.2, -0.15) is 0 Å². The summed E-state index contributed by atoms with van der Waals surface area (Å²) in [5, 5.41) is 0. The fourth-order valence-electron chi connectivity index (χ4n) is 2.50. The number of aryl methyl sites for hydroxylation is 1. The molecular weight excluding hydrogens is 266 g/mol. The minimum Gasteiger partial charge on any atom is -0.486 e. The lowest BCUT2D eigenvalue weighted by Gasteiger charge is -2.30.